The zero-order chi connectivity index (χ0) is 21.1. The van der Waals surface area contributed by atoms with Gasteiger partial charge in [0.15, 0.2) is 5.75 Å². The van der Waals surface area contributed by atoms with Gasteiger partial charge in [-0.2, -0.15) is 0 Å². The van der Waals surface area contributed by atoms with E-state index in [1.165, 1.54) is 0 Å². The number of hydrogen-bond donors (Lipinski definition) is 0. The fourth-order valence-electron chi connectivity index (χ4n) is 3.93. The van der Waals surface area contributed by atoms with Crippen molar-refractivity contribution < 1.29 is 14.3 Å². The molecule has 0 unspecified atom stereocenters. The first-order valence-corrected chi connectivity index (χ1v) is 10.6. The first-order chi connectivity index (χ1) is 14.5. The van der Waals surface area contributed by atoms with Crippen molar-refractivity contribution in [3.63, 3.8) is 0 Å². The molecule has 2 heterocycles. The summed E-state index contributed by atoms with van der Waals surface area (Å²) >= 11 is 0. The smallest absolute Gasteiger partial charge is 0.222 e. The maximum atomic E-state index is 12.6. The van der Waals surface area contributed by atoms with Crippen molar-refractivity contribution in [1.82, 2.24) is 9.80 Å². The lowest BCUT2D eigenvalue weighted by Gasteiger charge is -2.25. The Morgan fingerprint density at radius 1 is 1.10 bits per heavy atom. The third-order valence-corrected chi connectivity index (χ3v) is 5.47. The number of amides is 1. The molecule has 0 aromatic heterocycles. The molecule has 0 aliphatic carbocycles. The first kappa shape index (κ1) is 20.3. The van der Waals surface area contributed by atoms with E-state index in [9.17, 15) is 4.79 Å². The van der Waals surface area contributed by atoms with E-state index >= 15 is 0 Å². The molecule has 0 spiro atoms. The van der Waals surface area contributed by atoms with Crippen molar-refractivity contribution in [2.24, 2.45) is 10.9 Å². The summed E-state index contributed by atoms with van der Waals surface area (Å²) in [6, 6.07) is 13.6. The monoisotopic (exact) mass is 407 g/mol. The van der Waals surface area contributed by atoms with Gasteiger partial charge in [0.2, 0.25) is 5.91 Å². The normalized spacial score (nSPS) is 16.1. The van der Waals surface area contributed by atoms with Gasteiger partial charge in [-0.25, -0.2) is 4.99 Å². The van der Waals surface area contributed by atoms with Crippen LogP contribution >= 0.6 is 0 Å². The van der Waals surface area contributed by atoms with Gasteiger partial charge in [0.05, 0.1) is 12.7 Å². The Labute approximate surface area is 178 Å². The van der Waals surface area contributed by atoms with E-state index in [-0.39, 0.29) is 5.91 Å². The SMILES string of the molecule is COc1ccc2c(c1)C(N1CCCN(C(=O)CC(C)C)CC1)=Nc1ccccc1O2. The summed E-state index contributed by atoms with van der Waals surface area (Å²) in [6.45, 7) is 7.23. The van der Waals surface area contributed by atoms with Crippen LogP contribution in [0.15, 0.2) is 47.5 Å². The fraction of sp³-hybridized carbons (Fsp3) is 0.417. The lowest BCUT2D eigenvalue weighted by molar-refractivity contribution is -0.131. The van der Waals surface area contributed by atoms with Crippen LogP contribution < -0.4 is 9.47 Å². The third-order valence-electron chi connectivity index (χ3n) is 5.47. The van der Waals surface area contributed by atoms with Crippen molar-refractivity contribution in [2.75, 3.05) is 33.3 Å². The fourth-order valence-corrected chi connectivity index (χ4v) is 3.93. The second-order valence-corrected chi connectivity index (χ2v) is 8.19. The molecule has 0 N–H and O–H groups in total. The summed E-state index contributed by atoms with van der Waals surface area (Å²) in [7, 11) is 1.66. The predicted octanol–water partition coefficient (Wildman–Crippen LogP) is 4.46. The lowest BCUT2D eigenvalue weighted by Crippen LogP contribution is -2.38. The standard InChI is InChI=1S/C24H29N3O3/c1-17(2)15-23(28)26-11-6-12-27(14-13-26)24-19-16-18(29-3)9-10-21(19)30-22-8-5-4-7-20(22)25-24/h4-5,7-10,16-17H,6,11-15H2,1-3H3. The van der Waals surface area contributed by atoms with Crippen LogP contribution in [0.1, 0.15) is 32.3 Å². The Morgan fingerprint density at radius 3 is 2.73 bits per heavy atom. The van der Waals surface area contributed by atoms with Gasteiger partial charge >= 0.3 is 0 Å². The number of carbonyl (C=O) groups excluding carboxylic acids is 1. The summed E-state index contributed by atoms with van der Waals surface area (Å²) < 4.78 is 11.7. The minimum Gasteiger partial charge on any atom is -0.497 e. The molecule has 2 aromatic rings. The van der Waals surface area contributed by atoms with Crippen LogP contribution in [0.5, 0.6) is 17.2 Å². The molecule has 2 aliphatic heterocycles. The van der Waals surface area contributed by atoms with Crippen molar-refractivity contribution in [3.8, 4) is 17.2 Å². The number of para-hydroxylation sites is 2. The van der Waals surface area contributed by atoms with Crippen molar-refractivity contribution >= 4 is 17.4 Å². The van der Waals surface area contributed by atoms with Crippen LogP contribution in [0.3, 0.4) is 0 Å². The second kappa shape index (κ2) is 8.78. The molecule has 6 nitrogen and oxygen atoms in total. The molecule has 0 saturated carbocycles. The number of methoxy groups -OCH3 is 1. The van der Waals surface area contributed by atoms with Gasteiger partial charge in [0.1, 0.15) is 23.0 Å². The van der Waals surface area contributed by atoms with E-state index < -0.39 is 0 Å². The van der Waals surface area contributed by atoms with Crippen molar-refractivity contribution in [3.05, 3.63) is 48.0 Å². The van der Waals surface area contributed by atoms with Gasteiger partial charge in [0.25, 0.3) is 0 Å². The number of amidine groups is 1. The second-order valence-electron chi connectivity index (χ2n) is 8.19. The van der Waals surface area contributed by atoms with E-state index in [0.29, 0.717) is 18.9 Å². The van der Waals surface area contributed by atoms with Gasteiger partial charge in [0, 0.05) is 32.6 Å². The molecule has 158 valence electrons. The summed E-state index contributed by atoms with van der Waals surface area (Å²) in [6.07, 6.45) is 1.51. The molecular formula is C24H29N3O3. The third kappa shape index (κ3) is 4.27. The molecule has 1 fully saturated rings. The van der Waals surface area contributed by atoms with Crippen LogP contribution in [0.25, 0.3) is 0 Å². The molecule has 30 heavy (non-hydrogen) atoms. The van der Waals surface area contributed by atoms with Gasteiger partial charge in [-0.1, -0.05) is 26.0 Å². The predicted molar refractivity (Wildman–Crippen MR) is 118 cm³/mol. The van der Waals surface area contributed by atoms with E-state index in [0.717, 1.165) is 60.4 Å². The minimum absolute atomic E-state index is 0.241. The van der Waals surface area contributed by atoms with Crippen molar-refractivity contribution in [1.29, 1.82) is 0 Å². The Hall–Kier alpha value is -3.02. The summed E-state index contributed by atoms with van der Waals surface area (Å²) in [5, 5.41) is 0. The highest BCUT2D eigenvalue weighted by Crippen LogP contribution is 2.39. The highest BCUT2D eigenvalue weighted by molar-refractivity contribution is 6.04. The van der Waals surface area contributed by atoms with Gasteiger partial charge in [-0.15, -0.1) is 0 Å². The number of ether oxygens (including phenoxy) is 2. The van der Waals surface area contributed by atoms with Crippen LogP contribution in [-0.2, 0) is 4.79 Å². The van der Waals surface area contributed by atoms with Crippen LogP contribution in [0, 0.1) is 5.92 Å². The molecule has 2 aliphatic rings. The van der Waals surface area contributed by atoms with Gasteiger partial charge in [-0.3, -0.25) is 4.79 Å². The summed E-state index contributed by atoms with van der Waals surface area (Å²) in [5.41, 5.74) is 1.71. The quantitative estimate of drug-likeness (QED) is 0.754. The summed E-state index contributed by atoms with van der Waals surface area (Å²) in [5.74, 6) is 3.74. The molecular weight excluding hydrogens is 378 g/mol. The Balaban J connectivity index is 1.66. The van der Waals surface area contributed by atoms with E-state index in [1.807, 2.05) is 47.4 Å². The van der Waals surface area contributed by atoms with Gasteiger partial charge < -0.3 is 19.3 Å². The van der Waals surface area contributed by atoms with Crippen LogP contribution in [0.4, 0.5) is 5.69 Å². The van der Waals surface area contributed by atoms with Crippen LogP contribution in [-0.4, -0.2) is 54.8 Å². The highest BCUT2D eigenvalue weighted by atomic mass is 16.5. The maximum absolute atomic E-state index is 12.6. The average molecular weight is 408 g/mol. The molecule has 2 aromatic carbocycles. The minimum atomic E-state index is 0.241. The topological polar surface area (TPSA) is 54.4 Å². The number of rotatable bonds is 3. The summed E-state index contributed by atoms with van der Waals surface area (Å²) in [4.78, 5) is 21.8. The number of benzene rings is 2. The Bertz CT molecular complexity index is 954. The number of fused-ring (bicyclic) bond motifs is 2. The average Bonchev–Trinajstić information content (AvgIpc) is 3.07. The zero-order valence-electron chi connectivity index (χ0n) is 17.9. The number of aliphatic imine (C=N–C) groups is 1. The highest BCUT2D eigenvalue weighted by Gasteiger charge is 2.26. The lowest BCUT2D eigenvalue weighted by atomic mass is 10.1. The van der Waals surface area contributed by atoms with E-state index in [4.69, 9.17) is 14.5 Å². The molecule has 0 atom stereocenters. The zero-order valence-corrected chi connectivity index (χ0v) is 17.9. The molecule has 0 radical (unpaired) electrons. The Kier molecular flexibility index (Phi) is 5.93. The number of nitrogens with zero attached hydrogens (tertiary/aromatic N) is 3. The Morgan fingerprint density at radius 2 is 1.93 bits per heavy atom. The van der Waals surface area contributed by atoms with E-state index in [1.54, 1.807) is 7.11 Å². The first-order valence-electron chi connectivity index (χ1n) is 10.6. The number of hydrogen-bond acceptors (Lipinski definition) is 5. The van der Waals surface area contributed by atoms with Gasteiger partial charge in [-0.05, 0) is 42.7 Å². The molecule has 0 bridgehead atoms. The molecule has 1 amide bonds. The van der Waals surface area contributed by atoms with Crippen molar-refractivity contribution in [2.45, 2.75) is 26.7 Å². The molecule has 4 rings (SSSR count). The largest absolute Gasteiger partial charge is 0.497 e. The molecule has 1 saturated heterocycles. The number of carbonyl (C=O) groups is 1. The van der Waals surface area contributed by atoms with Crippen LogP contribution in [0.2, 0.25) is 0 Å². The molecule has 6 heteroatoms. The van der Waals surface area contributed by atoms with E-state index in [2.05, 4.69) is 18.7 Å². The maximum Gasteiger partial charge on any atom is 0.222 e.